The third-order valence-corrected chi connectivity index (χ3v) is 8.56. The van der Waals surface area contributed by atoms with Crippen molar-refractivity contribution in [2.45, 2.75) is 39.0 Å². The maximum Gasteiger partial charge on any atom is 0.231 e. The molecular weight excluding hydrogens is 502 g/mol. The number of aromatic nitrogens is 2. The fourth-order valence-electron chi connectivity index (χ4n) is 3.75. The quantitative estimate of drug-likeness (QED) is 0.251. The summed E-state index contributed by atoms with van der Waals surface area (Å²) in [6, 6.07) is 10.9. The predicted molar refractivity (Wildman–Crippen MR) is 143 cm³/mol. The molecular formula is C26H26ClN3O3S2. The molecule has 182 valence electrons. The third-order valence-electron chi connectivity index (χ3n) is 6.40. The molecule has 2 heterocycles. The molecule has 9 heteroatoms. The standard InChI is InChI=1S/C26H26ClN3O3S2/c1-14(16-7-6-8-17(27)9-16)24(32)29-18-10-20(33-5)22-21(11-18)35-25(30-22)26(3,4)15(2)23(31)19-12-34-13-28-19/h6-15H,1-5H3,(H,29,32). The van der Waals surface area contributed by atoms with Gasteiger partial charge in [0, 0.05) is 33.5 Å². The molecule has 0 aliphatic heterocycles. The predicted octanol–water partition coefficient (Wildman–Crippen LogP) is 6.95. The summed E-state index contributed by atoms with van der Waals surface area (Å²) in [4.78, 5) is 35.0. The number of halogens is 1. The van der Waals surface area contributed by atoms with Crippen LogP contribution in [-0.4, -0.2) is 28.8 Å². The van der Waals surface area contributed by atoms with Crippen LogP contribution in [0.4, 0.5) is 5.69 Å². The highest BCUT2D eigenvalue weighted by atomic mass is 35.5. The Morgan fingerprint density at radius 1 is 1.17 bits per heavy atom. The number of nitrogens with one attached hydrogen (secondary N) is 1. The summed E-state index contributed by atoms with van der Waals surface area (Å²) < 4.78 is 6.47. The van der Waals surface area contributed by atoms with Crippen LogP contribution >= 0.6 is 34.3 Å². The molecule has 0 radical (unpaired) electrons. The Kier molecular flexibility index (Phi) is 7.26. The third kappa shape index (κ3) is 5.10. The van der Waals surface area contributed by atoms with Crippen LogP contribution in [0.3, 0.4) is 0 Å². The Bertz CT molecular complexity index is 1380. The van der Waals surface area contributed by atoms with Crippen molar-refractivity contribution in [3.05, 3.63) is 68.6 Å². The van der Waals surface area contributed by atoms with Crippen LogP contribution in [0, 0.1) is 5.92 Å². The molecule has 0 fully saturated rings. The number of hydrogen-bond donors (Lipinski definition) is 1. The molecule has 0 aliphatic carbocycles. The van der Waals surface area contributed by atoms with Crippen molar-refractivity contribution < 1.29 is 14.3 Å². The number of fused-ring (bicyclic) bond motifs is 1. The number of methoxy groups -OCH3 is 1. The molecule has 0 bridgehead atoms. The van der Waals surface area contributed by atoms with Crippen molar-refractivity contribution in [3.8, 4) is 5.75 Å². The minimum atomic E-state index is -0.528. The first-order chi connectivity index (χ1) is 16.6. The fourth-order valence-corrected chi connectivity index (χ4v) is 5.70. The van der Waals surface area contributed by atoms with Gasteiger partial charge in [0.15, 0.2) is 5.78 Å². The smallest absolute Gasteiger partial charge is 0.231 e. The second-order valence-corrected chi connectivity index (χ2v) is 11.2. The Morgan fingerprint density at radius 2 is 1.94 bits per heavy atom. The van der Waals surface area contributed by atoms with Crippen molar-refractivity contribution >= 4 is 61.9 Å². The zero-order valence-electron chi connectivity index (χ0n) is 20.1. The number of thiazole rings is 2. The van der Waals surface area contributed by atoms with Gasteiger partial charge in [0.05, 0.1) is 23.2 Å². The zero-order chi connectivity index (χ0) is 25.3. The average Bonchev–Trinajstić information content (AvgIpc) is 3.52. The van der Waals surface area contributed by atoms with E-state index in [9.17, 15) is 9.59 Å². The average molecular weight is 528 g/mol. The van der Waals surface area contributed by atoms with Crippen molar-refractivity contribution in [2.24, 2.45) is 5.92 Å². The molecule has 35 heavy (non-hydrogen) atoms. The van der Waals surface area contributed by atoms with E-state index in [-0.39, 0.29) is 23.5 Å². The van der Waals surface area contributed by atoms with E-state index < -0.39 is 5.41 Å². The summed E-state index contributed by atoms with van der Waals surface area (Å²) in [6.07, 6.45) is 0. The van der Waals surface area contributed by atoms with Gasteiger partial charge in [0.2, 0.25) is 5.91 Å². The number of ether oxygens (including phenoxy) is 1. The van der Waals surface area contributed by atoms with Crippen LogP contribution in [0.1, 0.15) is 54.7 Å². The van der Waals surface area contributed by atoms with Gasteiger partial charge in [-0.25, -0.2) is 9.97 Å². The Morgan fingerprint density at radius 3 is 2.60 bits per heavy atom. The van der Waals surface area contributed by atoms with Crippen LogP contribution in [0.2, 0.25) is 5.02 Å². The summed E-state index contributed by atoms with van der Waals surface area (Å²) in [7, 11) is 1.58. The van der Waals surface area contributed by atoms with Gasteiger partial charge in [0.25, 0.3) is 0 Å². The first kappa shape index (κ1) is 25.3. The Hall–Kier alpha value is -2.81. The Balaban J connectivity index is 1.63. The Labute approximate surface area is 217 Å². The van der Waals surface area contributed by atoms with E-state index in [2.05, 4.69) is 10.3 Å². The van der Waals surface area contributed by atoms with Crippen molar-refractivity contribution in [1.82, 2.24) is 9.97 Å². The van der Waals surface area contributed by atoms with Gasteiger partial charge in [-0.1, -0.05) is 44.5 Å². The molecule has 0 spiro atoms. The van der Waals surface area contributed by atoms with Crippen LogP contribution in [0.25, 0.3) is 10.2 Å². The van der Waals surface area contributed by atoms with Crippen LogP contribution in [-0.2, 0) is 10.2 Å². The van der Waals surface area contributed by atoms with E-state index >= 15 is 0 Å². The second-order valence-electron chi connectivity index (χ2n) is 8.99. The van der Waals surface area contributed by atoms with Gasteiger partial charge in [-0.3, -0.25) is 9.59 Å². The highest BCUT2D eigenvalue weighted by molar-refractivity contribution is 7.18. The second kappa shape index (κ2) is 10.0. The summed E-state index contributed by atoms with van der Waals surface area (Å²) in [5.41, 5.74) is 3.78. The minimum Gasteiger partial charge on any atom is -0.494 e. The van der Waals surface area contributed by atoms with Gasteiger partial charge in [-0.05, 0) is 30.7 Å². The van der Waals surface area contributed by atoms with Crippen molar-refractivity contribution in [1.29, 1.82) is 0 Å². The highest BCUT2D eigenvalue weighted by Crippen LogP contribution is 2.41. The minimum absolute atomic E-state index is 0.00886. The number of ketones is 1. The topological polar surface area (TPSA) is 81.2 Å². The maximum absolute atomic E-state index is 13.0. The number of nitrogens with zero attached hydrogens (tertiary/aromatic N) is 2. The van der Waals surface area contributed by atoms with E-state index in [0.717, 1.165) is 15.3 Å². The van der Waals surface area contributed by atoms with Gasteiger partial charge in [-0.15, -0.1) is 22.7 Å². The lowest BCUT2D eigenvalue weighted by molar-refractivity contribution is -0.117. The summed E-state index contributed by atoms with van der Waals surface area (Å²) in [6.45, 7) is 7.78. The van der Waals surface area contributed by atoms with Crippen LogP contribution in [0.15, 0.2) is 47.3 Å². The van der Waals surface area contributed by atoms with E-state index in [0.29, 0.717) is 27.7 Å². The molecule has 0 saturated heterocycles. The summed E-state index contributed by atoms with van der Waals surface area (Å²) >= 11 is 8.99. The number of anilines is 1. The monoisotopic (exact) mass is 527 g/mol. The molecule has 2 aromatic carbocycles. The van der Waals surface area contributed by atoms with E-state index in [4.69, 9.17) is 21.3 Å². The van der Waals surface area contributed by atoms with Crippen molar-refractivity contribution in [2.75, 3.05) is 12.4 Å². The largest absolute Gasteiger partial charge is 0.494 e. The number of hydrogen-bond acceptors (Lipinski definition) is 7. The SMILES string of the molecule is COc1cc(NC(=O)C(C)c2cccc(Cl)c2)cc2sc(C(C)(C)C(C)C(=O)c3cscn3)nc12. The molecule has 2 aromatic heterocycles. The number of rotatable bonds is 8. The van der Waals surface area contributed by atoms with E-state index in [1.54, 1.807) is 36.2 Å². The summed E-state index contributed by atoms with van der Waals surface area (Å²) in [5.74, 6) is -0.311. The number of amides is 1. The first-order valence-corrected chi connectivity index (χ1v) is 13.2. The van der Waals surface area contributed by atoms with Crippen LogP contribution in [0.5, 0.6) is 5.75 Å². The van der Waals surface area contributed by atoms with Crippen molar-refractivity contribution in [3.63, 3.8) is 0 Å². The zero-order valence-corrected chi connectivity index (χ0v) is 22.5. The molecule has 4 aromatic rings. The highest BCUT2D eigenvalue weighted by Gasteiger charge is 2.37. The fraction of sp³-hybridized carbons (Fsp3) is 0.308. The number of carbonyl (C=O) groups excluding carboxylic acids is 2. The van der Waals surface area contributed by atoms with Crippen LogP contribution < -0.4 is 10.1 Å². The number of Topliss-reactive ketones (excluding diaryl/α,β-unsaturated/α-hetero) is 1. The molecule has 1 N–H and O–H groups in total. The normalized spacial score (nSPS) is 13.4. The number of benzene rings is 2. The lowest BCUT2D eigenvalue weighted by Gasteiger charge is -2.28. The van der Waals surface area contributed by atoms with E-state index in [1.165, 1.54) is 22.7 Å². The van der Waals surface area contributed by atoms with Gasteiger partial charge < -0.3 is 10.1 Å². The van der Waals surface area contributed by atoms with Gasteiger partial charge in [0.1, 0.15) is 22.0 Å². The molecule has 0 saturated carbocycles. The maximum atomic E-state index is 13.0. The van der Waals surface area contributed by atoms with Gasteiger partial charge >= 0.3 is 0 Å². The molecule has 4 rings (SSSR count). The molecule has 6 nitrogen and oxygen atoms in total. The lowest BCUT2D eigenvalue weighted by atomic mass is 9.77. The molecule has 1 amide bonds. The summed E-state index contributed by atoms with van der Waals surface area (Å²) in [5, 5.41) is 6.17. The van der Waals surface area contributed by atoms with Gasteiger partial charge in [-0.2, -0.15) is 0 Å². The molecule has 2 unspecified atom stereocenters. The molecule has 2 atom stereocenters. The lowest BCUT2D eigenvalue weighted by Crippen LogP contribution is -2.32. The van der Waals surface area contributed by atoms with E-state index in [1.807, 2.05) is 45.9 Å². The number of carbonyl (C=O) groups is 2. The molecule has 0 aliphatic rings. The first-order valence-electron chi connectivity index (χ1n) is 11.1.